The van der Waals surface area contributed by atoms with E-state index in [2.05, 4.69) is 19.2 Å². The maximum atomic E-state index is 13.4. The lowest BCUT2D eigenvalue weighted by atomic mass is 9.83. The number of carbonyl (C=O) groups is 3. The number of hydrogen-bond acceptors (Lipinski definition) is 8. The van der Waals surface area contributed by atoms with E-state index in [1.54, 1.807) is 30.3 Å². The molecule has 0 aliphatic heterocycles. The number of amides is 1. The maximum Gasteiger partial charge on any atom is 0.336 e. The van der Waals surface area contributed by atoms with Crippen LogP contribution in [0.5, 0.6) is 5.75 Å². The molecule has 1 rings (SSSR count). The zero-order valence-electron chi connectivity index (χ0n) is 28.4. The Bertz CT molecular complexity index is 1190. The average Bonchev–Trinajstić information content (AvgIpc) is 3.04. The number of halogens is 1. The average molecular weight is 686 g/mol. The van der Waals surface area contributed by atoms with E-state index in [1.807, 2.05) is 0 Å². The monoisotopic (exact) mass is 685 g/mol. The van der Waals surface area contributed by atoms with Gasteiger partial charge in [0.2, 0.25) is 5.91 Å². The number of methoxy groups -OCH3 is 1. The molecule has 0 unspecified atom stereocenters. The number of unbranched alkanes of at least 4 members (excludes halogenated alkanes) is 9. The standard InChI is InChI=1S/C35H56FNO9S/c1-4-6-8-12-15-25-47(43,44)26-16-13-10-9-11-14-17-30(35(42,22-23-36)34(40)41)32(38)37-31(33(39)45-3)27-28-18-20-29(21-19-28)46-24-7-5-2/h14,17-21,30-31,42H,4-13,15-16,22-27H2,1-3H3,(H,37,38)(H,40,41)/t30-,31+,35+/m1/s1. The number of nitrogens with one attached hydrogen (secondary N) is 1. The van der Waals surface area contributed by atoms with Gasteiger partial charge >= 0.3 is 11.9 Å². The Morgan fingerprint density at radius 3 is 2.09 bits per heavy atom. The summed E-state index contributed by atoms with van der Waals surface area (Å²) >= 11 is 0. The SMILES string of the molecule is CCCCCCCS(=O)(=O)CCCCCCC=C[C@H](C(=O)N[C@@H](Cc1ccc(OCCCC)cc1)C(=O)OC)[C@@](O)(CCF)C(=O)O. The summed E-state index contributed by atoms with van der Waals surface area (Å²) in [6, 6.07) is 5.76. The van der Waals surface area contributed by atoms with Crippen LogP contribution in [0.25, 0.3) is 0 Å². The van der Waals surface area contributed by atoms with Crippen LogP contribution >= 0.6 is 0 Å². The van der Waals surface area contributed by atoms with Gasteiger partial charge in [0.15, 0.2) is 5.60 Å². The molecule has 1 aromatic carbocycles. The molecule has 0 heterocycles. The van der Waals surface area contributed by atoms with E-state index in [1.165, 1.54) is 6.08 Å². The van der Waals surface area contributed by atoms with Crippen LogP contribution in [0.1, 0.15) is 103 Å². The summed E-state index contributed by atoms with van der Waals surface area (Å²) in [5.41, 5.74) is -2.08. The minimum atomic E-state index is -3.07. The fourth-order valence-corrected chi connectivity index (χ4v) is 6.58. The van der Waals surface area contributed by atoms with Crippen molar-refractivity contribution in [1.82, 2.24) is 5.32 Å². The van der Waals surface area contributed by atoms with E-state index in [9.17, 15) is 37.4 Å². The zero-order valence-corrected chi connectivity index (χ0v) is 29.2. The molecule has 12 heteroatoms. The molecule has 0 aromatic heterocycles. The molecule has 1 aromatic rings. The molecule has 0 bridgehead atoms. The van der Waals surface area contributed by atoms with Gasteiger partial charge in [0.05, 0.1) is 37.8 Å². The van der Waals surface area contributed by atoms with Crippen molar-refractivity contribution in [3.63, 3.8) is 0 Å². The van der Waals surface area contributed by atoms with Crippen molar-refractivity contribution in [3.05, 3.63) is 42.0 Å². The van der Waals surface area contributed by atoms with Crippen LogP contribution in [0.2, 0.25) is 0 Å². The molecule has 268 valence electrons. The van der Waals surface area contributed by atoms with E-state index in [0.29, 0.717) is 56.4 Å². The summed E-state index contributed by atoms with van der Waals surface area (Å²) in [4.78, 5) is 38.1. The smallest absolute Gasteiger partial charge is 0.336 e. The minimum Gasteiger partial charge on any atom is -0.494 e. The van der Waals surface area contributed by atoms with Crippen molar-refractivity contribution in [2.75, 3.05) is 31.9 Å². The Balaban J connectivity index is 2.84. The number of hydrogen-bond donors (Lipinski definition) is 3. The summed E-state index contributed by atoms with van der Waals surface area (Å²) in [5, 5.41) is 23.2. The quantitative estimate of drug-likeness (QED) is 0.0596. The van der Waals surface area contributed by atoms with Crippen LogP contribution in [-0.4, -0.2) is 80.0 Å². The summed E-state index contributed by atoms with van der Waals surface area (Å²) in [5.74, 6) is -4.18. The highest BCUT2D eigenvalue weighted by molar-refractivity contribution is 7.91. The van der Waals surface area contributed by atoms with Gasteiger partial charge in [0.25, 0.3) is 0 Å². The van der Waals surface area contributed by atoms with E-state index >= 15 is 0 Å². The number of carboxylic acids is 1. The Morgan fingerprint density at radius 1 is 0.936 bits per heavy atom. The van der Waals surface area contributed by atoms with Gasteiger partial charge in [0.1, 0.15) is 21.6 Å². The molecule has 47 heavy (non-hydrogen) atoms. The molecule has 0 spiro atoms. The first-order valence-corrected chi connectivity index (χ1v) is 18.7. The molecule has 0 fully saturated rings. The first-order chi connectivity index (χ1) is 22.4. The predicted octanol–water partition coefficient (Wildman–Crippen LogP) is 5.75. The third kappa shape index (κ3) is 16.6. The van der Waals surface area contributed by atoms with Crippen molar-refractivity contribution in [3.8, 4) is 5.75 Å². The normalized spacial score (nSPS) is 14.3. The fourth-order valence-electron chi connectivity index (χ4n) is 5.09. The zero-order chi connectivity index (χ0) is 35.1. The lowest BCUT2D eigenvalue weighted by Gasteiger charge is -2.30. The highest BCUT2D eigenvalue weighted by Crippen LogP contribution is 2.26. The van der Waals surface area contributed by atoms with Crippen LogP contribution < -0.4 is 10.1 Å². The molecule has 3 atom stereocenters. The van der Waals surface area contributed by atoms with Gasteiger partial charge in [-0.1, -0.05) is 83.1 Å². The number of carbonyl (C=O) groups excluding carboxylic acids is 2. The van der Waals surface area contributed by atoms with E-state index in [4.69, 9.17) is 9.47 Å². The molecular weight excluding hydrogens is 629 g/mol. The molecule has 0 saturated carbocycles. The Labute approximate surface area is 280 Å². The topological polar surface area (TPSA) is 156 Å². The van der Waals surface area contributed by atoms with Gasteiger partial charge in [-0.2, -0.15) is 0 Å². The Hall–Kier alpha value is -2.99. The molecule has 0 aliphatic carbocycles. The number of carboxylic acid groups (broad SMARTS) is 1. The second-order valence-corrected chi connectivity index (χ2v) is 14.3. The lowest BCUT2D eigenvalue weighted by molar-refractivity contribution is -0.168. The molecule has 10 nitrogen and oxygen atoms in total. The minimum absolute atomic E-state index is 0.0211. The van der Waals surface area contributed by atoms with Crippen LogP contribution in [0.15, 0.2) is 36.4 Å². The third-order valence-electron chi connectivity index (χ3n) is 8.04. The molecular formula is C35H56FNO9S. The van der Waals surface area contributed by atoms with E-state index < -0.39 is 58.3 Å². The Kier molecular flexibility index (Phi) is 20.9. The first kappa shape index (κ1) is 42.0. The van der Waals surface area contributed by atoms with Crippen molar-refractivity contribution in [2.45, 2.75) is 115 Å². The fraction of sp³-hybridized carbons (Fsp3) is 0.686. The van der Waals surface area contributed by atoms with Crippen LogP contribution in [0, 0.1) is 5.92 Å². The third-order valence-corrected chi connectivity index (χ3v) is 9.86. The van der Waals surface area contributed by atoms with Crippen molar-refractivity contribution in [1.29, 1.82) is 0 Å². The highest BCUT2D eigenvalue weighted by atomic mass is 32.2. The highest BCUT2D eigenvalue weighted by Gasteiger charge is 2.47. The summed E-state index contributed by atoms with van der Waals surface area (Å²) < 4.78 is 48.4. The molecule has 1 amide bonds. The summed E-state index contributed by atoms with van der Waals surface area (Å²) in [7, 11) is -1.92. The van der Waals surface area contributed by atoms with Gasteiger partial charge in [-0.25, -0.2) is 18.0 Å². The first-order valence-electron chi connectivity index (χ1n) is 16.9. The van der Waals surface area contributed by atoms with Crippen molar-refractivity contribution < 1.29 is 46.9 Å². The largest absolute Gasteiger partial charge is 0.494 e. The van der Waals surface area contributed by atoms with E-state index in [-0.39, 0.29) is 17.9 Å². The molecule has 3 N–H and O–H groups in total. The predicted molar refractivity (Wildman–Crippen MR) is 181 cm³/mol. The lowest BCUT2D eigenvalue weighted by Crippen LogP contribution is -2.55. The molecule has 0 aliphatic rings. The van der Waals surface area contributed by atoms with Gasteiger partial charge in [-0.15, -0.1) is 0 Å². The Morgan fingerprint density at radius 2 is 1.53 bits per heavy atom. The van der Waals surface area contributed by atoms with Gasteiger partial charge in [-0.05, 0) is 49.8 Å². The number of aliphatic carboxylic acids is 1. The number of esters is 1. The summed E-state index contributed by atoms with van der Waals surface area (Å²) in [6.07, 6.45) is 11.8. The number of rotatable bonds is 27. The maximum absolute atomic E-state index is 13.4. The van der Waals surface area contributed by atoms with Crippen LogP contribution in [-0.2, 0) is 35.4 Å². The van der Waals surface area contributed by atoms with Gasteiger partial charge in [0, 0.05) is 12.8 Å². The summed E-state index contributed by atoms with van der Waals surface area (Å²) in [6.45, 7) is 3.55. The van der Waals surface area contributed by atoms with Crippen LogP contribution in [0.3, 0.4) is 0 Å². The van der Waals surface area contributed by atoms with Gasteiger partial charge in [-0.3, -0.25) is 9.18 Å². The molecule has 0 radical (unpaired) electrons. The number of benzene rings is 1. The number of aliphatic hydroxyl groups is 1. The van der Waals surface area contributed by atoms with Crippen molar-refractivity contribution >= 4 is 27.7 Å². The second-order valence-electron chi connectivity index (χ2n) is 12.0. The van der Waals surface area contributed by atoms with Crippen LogP contribution in [0.4, 0.5) is 4.39 Å². The molecule has 0 saturated heterocycles. The second kappa shape index (κ2) is 23.4. The van der Waals surface area contributed by atoms with Crippen molar-refractivity contribution in [2.24, 2.45) is 5.92 Å². The van der Waals surface area contributed by atoms with E-state index in [0.717, 1.165) is 45.6 Å². The number of sulfone groups is 1. The number of ether oxygens (including phenoxy) is 2. The van der Waals surface area contributed by atoms with Gasteiger partial charge < -0.3 is 25.0 Å². The number of allylic oxidation sites excluding steroid dienone is 1. The number of alkyl halides is 1.